The molecule has 3 nitrogen and oxygen atoms in total. The van der Waals surface area contributed by atoms with E-state index < -0.39 is 0 Å². The first-order valence-corrected chi connectivity index (χ1v) is 5.91. The molecular formula is C12H17BrN2O. The molecule has 0 bridgehead atoms. The lowest BCUT2D eigenvalue weighted by atomic mass is 10.2. The molecule has 1 amide bonds. The summed E-state index contributed by atoms with van der Waals surface area (Å²) in [5.74, 6) is 0.132. The smallest absolute Gasteiger partial charge is 0.236 e. The largest absolute Gasteiger partial charge is 0.340 e. The van der Waals surface area contributed by atoms with E-state index >= 15 is 0 Å². The van der Waals surface area contributed by atoms with Crippen molar-refractivity contribution in [3.8, 4) is 0 Å². The normalized spacial score (nSPS) is 10.6. The average molecular weight is 285 g/mol. The van der Waals surface area contributed by atoms with Crippen molar-refractivity contribution in [3.05, 3.63) is 34.3 Å². The Kier molecular flexibility index (Phi) is 4.96. The van der Waals surface area contributed by atoms with E-state index in [4.69, 9.17) is 0 Å². The molecule has 1 rings (SSSR count). The zero-order valence-corrected chi connectivity index (χ0v) is 11.5. The van der Waals surface area contributed by atoms with E-state index in [-0.39, 0.29) is 5.91 Å². The maximum Gasteiger partial charge on any atom is 0.236 e. The second-order valence-corrected chi connectivity index (χ2v) is 5.03. The number of halogens is 1. The van der Waals surface area contributed by atoms with E-state index in [2.05, 4.69) is 15.9 Å². The first kappa shape index (κ1) is 13.2. The average Bonchev–Trinajstić information content (AvgIpc) is 2.20. The lowest BCUT2D eigenvalue weighted by Gasteiger charge is -2.19. The van der Waals surface area contributed by atoms with Crippen LogP contribution < -0.4 is 0 Å². The van der Waals surface area contributed by atoms with Crippen molar-refractivity contribution < 1.29 is 4.79 Å². The first-order chi connectivity index (χ1) is 7.49. The zero-order chi connectivity index (χ0) is 12.1. The van der Waals surface area contributed by atoms with Gasteiger partial charge in [-0.3, -0.25) is 4.79 Å². The van der Waals surface area contributed by atoms with Crippen LogP contribution in [0.2, 0.25) is 0 Å². The Labute approximate surface area is 105 Å². The van der Waals surface area contributed by atoms with E-state index in [0.717, 1.165) is 10.0 Å². The number of carbonyl (C=O) groups excluding carboxylic acids is 1. The number of amides is 1. The Bertz CT molecular complexity index is 349. The van der Waals surface area contributed by atoms with E-state index in [0.29, 0.717) is 13.1 Å². The van der Waals surface area contributed by atoms with E-state index in [1.807, 2.05) is 50.3 Å². The summed E-state index contributed by atoms with van der Waals surface area (Å²) in [5.41, 5.74) is 1.14. The minimum atomic E-state index is 0.132. The van der Waals surface area contributed by atoms with Crippen LogP contribution in [0.1, 0.15) is 5.56 Å². The van der Waals surface area contributed by atoms with Crippen molar-refractivity contribution in [3.63, 3.8) is 0 Å². The van der Waals surface area contributed by atoms with Crippen LogP contribution in [0.3, 0.4) is 0 Å². The van der Waals surface area contributed by atoms with Gasteiger partial charge in [0.1, 0.15) is 0 Å². The molecule has 0 saturated heterocycles. The van der Waals surface area contributed by atoms with Crippen LogP contribution >= 0.6 is 15.9 Å². The number of carbonyl (C=O) groups is 1. The summed E-state index contributed by atoms with van der Waals surface area (Å²) >= 11 is 3.39. The fraction of sp³-hybridized carbons (Fsp3) is 0.417. The Morgan fingerprint density at radius 3 is 2.25 bits per heavy atom. The summed E-state index contributed by atoms with van der Waals surface area (Å²) < 4.78 is 1.05. The number of rotatable bonds is 4. The topological polar surface area (TPSA) is 23.6 Å². The summed E-state index contributed by atoms with van der Waals surface area (Å²) in [7, 11) is 5.62. The maximum atomic E-state index is 11.7. The van der Waals surface area contributed by atoms with Crippen LogP contribution in [0.25, 0.3) is 0 Å². The highest BCUT2D eigenvalue weighted by Crippen LogP contribution is 2.11. The van der Waals surface area contributed by atoms with Crippen LogP contribution in [-0.2, 0) is 11.3 Å². The van der Waals surface area contributed by atoms with Gasteiger partial charge < -0.3 is 9.80 Å². The van der Waals surface area contributed by atoms with E-state index in [1.54, 1.807) is 4.90 Å². The molecule has 1 aromatic rings. The lowest BCUT2D eigenvalue weighted by Crippen LogP contribution is -2.34. The van der Waals surface area contributed by atoms with Crippen LogP contribution in [0, 0.1) is 0 Å². The molecule has 1 aromatic carbocycles. The second kappa shape index (κ2) is 6.01. The molecule has 0 unspecified atom stereocenters. The van der Waals surface area contributed by atoms with Crippen LogP contribution in [0.15, 0.2) is 28.7 Å². The summed E-state index contributed by atoms with van der Waals surface area (Å²) in [4.78, 5) is 15.3. The highest BCUT2D eigenvalue weighted by Gasteiger charge is 2.09. The third-order valence-electron chi connectivity index (χ3n) is 2.21. The fourth-order valence-corrected chi connectivity index (χ4v) is 1.61. The van der Waals surface area contributed by atoms with Gasteiger partial charge >= 0.3 is 0 Å². The maximum absolute atomic E-state index is 11.7. The number of nitrogens with zero attached hydrogens (tertiary/aromatic N) is 2. The highest BCUT2D eigenvalue weighted by atomic mass is 79.9. The molecule has 0 fully saturated rings. The third kappa shape index (κ3) is 4.33. The van der Waals surface area contributed by atoms with E-state index in [1.165, 1.54) is 0 Å². The Morgan fingerprint density at radius 2 is 1.75 bits per heavy atom. The van der Waals surface area contributed by atoms with Gasteiger partial charge in [0.05, 0.1) is 6.54 Å². The van der Waals surface area contributed by atoms with Gasteiger partial charge in [-0.1, -0.05) is 28.1 Å². The Morgan fingerprint density at radius 1 is 1.19 bits per heavy atom. The molecule has 4 heteroatoms. The molecule has 0 N–H and O–H groups in total. The van der Waals surface area contributed by atoms with Crippen molar-refractivity contribution in [2.45, 2.75) is 6.54 Å². The van der Waals surface area contributed by atoms with Gasteiger partial charge in [-0.25, -0.2) is 0 Å². The van der Waals surface area contributed by atoms with Gasteiger partial charge in [-0.2, -0.15) is 0 Å². The van der Waals surface area contributed by atoms with Crippen molar-refractivity contribution in [1.29, 1.82) is 0 Å². The van der Waals surface area contributed by atoms with Crippen molar-refractivity contribution in [2.75, 3.05) is 27.7 Å². The third-order valence-corrected chi connectivity index (χ3v) is 2.74. The molecule has 0 aliphatic carbocycles. The predicted molar refractivity (Wildman–Crippen MR) is 69.2 cm³/mol. The molecule has 0 aliphatic heterocycles. The second-order valence-electron chi connectivity index (χ2n) is 4.11. The molecule has 16 heavy (non-hydrogen) atoms. The number of hydrogen-bond acceptors (Lipinski definition) is 2. The Balaban J connectivity index is 2.53. The molecule has 88 valence electrons. The van der Waals surface area contributed by atoms with Gasteiger partial charge in [0.2, 0.25) is 5.91 Å². The monoisotopic (exact) mass is 284 g/mol. The van der Waals surface area contributed by atoms with Crippen molar-refractivity contribution in [1.82, 2.24) is 9.80 Å². The number of hydrogen-bond donors (Lipinski definition) is 0. The lowest BCUT2D eigenvalue weighted by molar-refractivity contribution is -0.131. The van der Waals surface area contributed by atoms with Crippen LogP contribution in [-0.4, -0.2) is 43.4 Å². The molecule has 0 radical (unpaired) electrons. The SMILES string of the molecule is CN(C)CC(=O)N(C)Cc1ccc(Br)cc1. The molecular weight excluding hydrogens is 268 g/mol. The minimum Gasteiger partial charge on any atom is -0.340 e. The quantitative estimate of drug-likeness (QED) is 0.844. The first-order valence-electron chi connectivity index (χ1n) is 5.12. The van der Waals surface area contributed by atoms with Gasteiger partial charge in [-0.05, 0) is 31.8 Å². The predicted octanol–water partition coefficient (Wildman–Crippen LogP) is 1.97. The van der Waals surface area contributed by atoms with Crippen LogP contribution in [0.4, 0.5) is 0 Å². The number of benzene rings is 1. The summed E-state index contributed by atoms with van der Waals surface area (Å²) in [6.45, 7) is 1.10. The van der Waals surface area contributed by atoms with Gasteiger partial charge in [0, 0.05) is 18.1 Å². The van der Waals surface area contributed by atoms with Gasteiger partial charge in [-0.15, -0.1) is 0 Å². The molecule has 0 saturated carbocycles. The summed E-state index contributed by atoms with van der Waals surface area (Å²) in [5, 5.41) is 0. The van der Waals surface area contributed by atoms with Gasteiger partial charge in [0.25, 0.3) is 0 Å². The molecule has 0 spiro atoms. The molecule has 0 aliphatic rings. The number of likely N-dealkylation sites (N-methyl/N-ethyl adjacent to an activating group) is 2. The summed E-state index contributed by atoms with van der Waals surface area (Å²) in [6, 6.07) is 8.01. The van der Waals surface area contributed by atoms with Gasteiger partial charge in [0.15, 0.2) is 0 Å². The zero-order valence-electron chi connectivity index (χ0n) is 9.90. The van der Waals surface area contributed by atoms with E-state index in [9.17, 15) is 4.79 Å². The standard InChI is InChI=1S/C12H17BrN2O/c1-14(2)9-12(16)15(3)8-10-4-6-11(13)7-5-10/h4-7H,8-9H2,1-3H3. The molecule has 0 aromatic heterocycles. The van der Waals surface area contributed by atoms with Crippen molar-refractivity contribution >= 4 is 21.8 Å². The minimum absolute atomic E-state index is 0.132. The highest BCUT2D eigenvalue weighted by molar-refractivity contribution is 9.10. The van der Waals surface area contributed by atoms with Crippen LogP contribution in [0.5, 0.6) is 0 Å². The fourth-order valence-electron chi connectivity index (χ4n) is 1.34. The molecule has 0 heterocycles. The Hall–Kier alpha value is -0.870. The molecule has 0 atom stereocenters. The summed E-state index contributed by atoms with van der Waals surface area (Å²) in [6.07, 6.45) is 0. The van der Waals surface area contributed by atoms with Crippen molar-refractivity contribution in [2.24, 2.45) is 0 Å².